The number of carbonyl (C=O) groups excluding carboxylic acids is 3. The Morgan fingerprint density at radius 3 is 2.20 bits per heavy atom. The third kappa shape index (κ3) is 7.87. The number of carbonyl (C=O) groups is 3. The molecule has 7 nitrogen and oxygen atoms in total. The topological polar surface area (TPSA) is 100 Å². The zero-order chi connectivity index (χ0) is 28.5. The van der Waals surface area contributed by atoms with Crippen LogP contribution in [0.3, 0.4) is 0 Å². The predicted molar refractivity (Wildman–Crippen MR) is 146 cm³/mol. The molecule has 0 saturated heterocycles. The van der Waals surface area contributed by atoms with Crippen molar-refractivity contribution in [2.75, 3.05) is 16.4 Å². The first kappa shape index (κ1) is 28.2. The van der Waals surface area contributed by atoms with Crippen LogP contribution in [-0.4, -0.2) is 23.5 Å². The lowest BCUT2D eigenvalue weighted by atomic mass is 10.1. The van der Waals surface area contributed by atoms with E-state index in [0.29, 0.717) is 21.9 Å². The molecule has 0 aliphatic carbocycles. The maximum atomic E-state index is 13.1. The van der Waals surface area contributed by atoms with Crippen molar-refractivity contribution in [3.8, 4) is 0 Å². The Labute approximate surface area is 231 Å². The van der Waals surface area contributed by atoms with Crippen molar-refractivity contribution < 1.29 is 32.0 Å². The Morgan fingerprint density at radius 2 is 1.52 bits per heavy atom. The SMILES string of the molecule is O=C(CSc1ccc(NC(=O)/C(=C/c2ccco2)NC(=O)c2ccccc2)cc1)Nc1ccccc1C(F)(F)F. The third-order valence-electron chi connectivity index (χ3n) is 5.35. The molecule has 1 heterocycles. The number of benzene rings is 3. The summed E-state index contributed by atoms with van der Waals surface area (Å²) in [5, 5.41) is 7.60. The largest absolute Gasteiger partial charge is 0.465 e. The highest BCUT2D eigenvalue weighted by Gasteiger charge is 2.33. The average Bonchev–Trinajstić information content (AvgIpc) is 3.46. The molecule has 1 aromatic heterocycles. The van der Waals surface area contributed by atoms with E-state index in [1.54, 1.807) is 66.7 Å². The van der Waals surface area contributed by atoms with Gasteiger partial charge in [0.1, 0.15) is 11.5 Å². The fourth-order valence-electron chi connectivity index (χ4n) is 3.47. The van der Waals surface area contributed by atoms with Gasteiger partial charge in [-0.1, -0.05) is 30.3 Å². The maximum Gasteiger partial charge on any atom is 0.418 e. The molecule has 3 amide bonds. The van der Waals surface area contributed by atoms with Crippen LogP contribution in [-0.2, 0) is 15.8 Å². The number of nitrogens with one attached hydrogen (secondary N) is 3. The quantitative estimate of drug-likeness (QED) is 0.160. The zero-order valence-electron chi connectivity index (χ0n) is 20.7. The van der Waals surface area contributed by atoms with Gasteiger partial charge < -0.3 is 20.4 Å². The predicted octanol–water partition coefficient (Wildman–Crippen LogP) is 6.44. The van der Waals surface area contributed by atoms with E-state index in [2.05, 4.69) is 16.0 Å². The van der Waals surface area contributed by atoms with Crippen LogP contribution in [0, 0.1) is 0 Å². The fourth-order valence-corrected chi connectivity index (χ4v) is 4.16. The average molecular weight is 566 g/mol. The molecule has 0 unspecified atom stereocenters. The van der Waals surface area contributed by atoms with Crippen molar-refractivity contribution in [3.05, 3.63) is 120 Å². The lowest BCUT2D eigenvalue weighted by Crippen LogP contribution is -2.30. The van der Waals surface area contributed by atoms with Crippen molar-refractivity contribution in [2.45, 2.75) is 11.1 Å². The van der Waals surface area contributed by atoms with Crippen molar-refractivity contribution in [1.82, 2.24) is 5.32 Å². The fraction of sp³-hybridized carbons (Fsp3) is 0.0690. The van der Waals surface area contributed by atoms with Gasteiger partial charge in [0, 0.05) is 22.2 Å². The second-order valence-corrected chi connectivity index (χ2v) is 9.30. The molecular formula is C29H22F3N3O4S. The molecule has 3 N–H and O–H groups in total. The molecule has 0 saturated carbocycles. The minimum atomic E-state index is -4.59. The van der Waals surface area contributed by atoms with Gasteiger partial charge in [-0.05, 0) is 60.7 Å². The van der Waals surface area contributed by atoms with Crippen LogP contribution in [0.5, 0.6) is 0 Å². The van der Waals surface area contributed by atoms with Gasteiger partial charge in [0.2, 0.25) is 5.91 Å². The molecule has 40 heavy (non-hydrogen) atoms. The van der Waals surface area contributed by atoms with E-state index >= 15 is 0 Å². The van der Waals surface area contributed by atoms with Crippen molar-refractivity contribution in [3.63, 3.8) is 0 Å². The normalized spacial score (nSPS) is 11.5. The second-order valence-electron chi connectivity index (χ2n) is 8.25. The molecule has 204 valence electrons. The minimum Gasteiger partial charge on any atom is -0.465 e. The number of para-hydroxylation sites is 1. The van der Waals surface area contributed by atoms with Crippen LogP contribution in [0.25, 0.3) is 6.08 Å². The summed E-state index contributed by atoms with van der Waals surface area (Å²) in [7, 11) is 0. The van der Waals surface area contributed by atoms with Gasteiger partial charge in [-0.15, -0.1) is 11.8 Å². The number of hydrogen-bond donors (Lipinski definition) is 3. The number of halogens is 3. The standard InChI is InChI=1S/C29H22F3N3O4S/c30-29(31,32)23-10-4-5-11-24(23)34-26(36)18-40-22-14-12-20(13-15-22)33-28(38)25(17-21-9-6-16-39-21)35-27(37)19-7-2-1-3-8-19/h1-17H,18H2,(H,33,38)(H,34,36)(H,35,37)/b25-17-. The van der Waals surface area contributed by atoms with E-state index in [-0.39, 0.29) is 17.1 Å². The monoisotopic (exact) mass is 565 g/mol. The molecule has 0 fully saturated rings. The van der Waals surface area contributed by atoms with E-state index in [1.165, 1.54) is 30.5 Å². The van der Waals surface area contributed by atoms with E-state index in [9.17, 15) is 27.6 Å². The number of anilines is 2. The molecule has 11 heteroatoms. The Bertz CT molecular complexity index is 1500. The molecule has 4 rings (SSSR count). The third-order valence-corrected chi connectivity index (χ3v) is 6.36. The summed E-state index contributed by atoms with van der Waals surface area (Å²) in [6.45, 7) is 0. The van der Waals surface area contributed by atoms with E-state index in [4.69, 9.17) is 4.42 Å². The highest BCUT2D eigenvalue weighted by Crippen LogP contribution is 2.34. The Balaban J connectivity index is 1.37. The first-order chi connectivity index (χ1) is 19.2. The lowest BCUT2D eigenvalue weighted by molar-refractivity contribution is -0.137. The van der Waals surface area contributed by atoms with Gasteiger partial charge in [0.15, 0.2) is 0 Å². The van der Waals surface area contributed by atoms with E-state index < -0.39 is 29.5 Å². The van der Waals surface area contributed by atoms with Gasteiger partial charge in [0.25, 0.3) is 11.8 Å². The van der Waals surface area contributed by atoms with Crippen LogP contribution >= 0.6 is 11.8 Å². The van der Waals surface area contributed by atoms with Gasteiger partial charge >= 0.3 is 6.18 Å². The molecule has 0 spiro atoms. The summed E-state index contributed by atoms with van der Waals surface area (Å²) in [4.78, 5) is 38.6. The Morgan fingerprint density at radius 1 is 0.825 bits per heavy atom. The highest BCUT2D eigenvalue weighted by molar-refractivity contribution is 8.00. The first-order valence-corrected chi connectivity index (χ1v) is 12.8. The number of thioether (sulfide) groups is 1. The Kier molecular flexibility index (Phi) is 9.07. The summed E-state index contributed by atoms with van der Waals surface area (Å²) in [6.07, 6.45) is -1.75. The smallest absolute Gasteiger partial charge is 0.418 e. The molecule has 0 aliphatic heterocycles. The number of rotatable bonds is 9. The second kappa shape index (κ2) is 12.9. The minimum absolute atomic E-state index is 0.0435. The molecule has 0 atom stereocenters. The number of alkyl halides is 3. The van der Waals surface area contributed by atoms with Gasteiger partial charge in [-0.2, -0.15) is 13.2 Å². The summed E-state index contributed by atoms with van der Waals surface area (Å²) in [5.41, 5.74) is -0.492. The van der Waals surface area contributed by atoms with Crippen LogP contribution in [0.2, 0.25) is 0 Å². The summed E-state index contributed by atoms with van der Waals surface area (Å²) in [6, 6.07) is 22.9. The van der Waals surface area contributed by atoms with Crippen LogP contribution in [0.1, 0.15) is 21.7 Å². The molecule has 4 aromatic rings. The van der Waals surface area contributed by atoms with Crippen LogP contribution < -0.4 is 16.0 Å². The number of amides is 3. The van der Waals surface area contributed by atoms with Gasteiger partial charge in [0.05, 0.1) is 23.3 Å². The zero-order valence-corrected chi connectivity index (χ0v) is 21.5. The van der Waals surface area contributed by atoms with Crippen molar-refractivity contribution in [1.29, 1.82) is 0 Å². The molecule has 0 radical (unpaired) electrons. The van der Waals surface area contributed by atoms with E-state index in [0.717, 1.165) is 17.8 Å². The molecule has 0 bridgehead atoms. The maximum absolute atomic E-state index is 13.1. The highest BCUT2D eigenvalue weighted by atomic mass is 32.2. The number of hydrogen-bond acceptors (Lipinski definition) is 5. The van der Waals surface area contributed by atoms with Gasteiger partial charge in [-0.3, -0.25) is 14.4 Å². The van der Waals surface area contributed by atoms with E-state index in [1.807, 2.05) is 0 Å². The van der Waals surface area contributed by atoms with Crippen molar-refractivity contribution >= 4 is 46.9 Å². The van der Waals surface area contributed by atoms with Crippen LogP contribution in [0.15, 0.2) is 112 Å². The van der Waals surface area contributed by atoms with Crippen molar-refractivity contribution in [2.24, 2.45) is 0 Å². The Hall–Kier alpha value is -4.77. The number of furan rings is 1. The molecular weight excluding hydrogens is 543 g/mol. The summed E-state index contributed by atoms with van der Waals surface area (Å²) < 4.78 is 44.7. The molecule has 3 aromatic carbocycles. The molecule has 0 aliphatic rings. The summed E-state index contributed by atoms with van der Waals surface area (Å²) in [5.74, 6) is -1.43. The first-order valence-electron chi connectivity index (χ1n) is 11.8. The summed E-state index contributed by atoms with van der Waals surface area (Å²) >= 11 is 1.12. The van der Waals surface area contributed by atoms with Gasteiger partial charge in [-0.25, -0.2) is 0 Å². The van der Waals surface area contributed by atoms with Crippen LogP contribution in [0.4, 0.5) is 24.5 Å². The lowest BCUT2D eigenvalue weighted by Gasteiger charge is -2.13.